The van der Waals surface area contributed by atoms with Gasteiger partial charge in [0, 0.05) is 40.8 Å². The van der Waals surface area contributed by atoms with Gasteiger partial charge in [0.15, 0.2) is 0 Å². The second-order valence-corrected chi connectivity index (χ2v) is 12.5. The number of aromatic nitrogens is 3. The summed E-state index contributed by atoms with van der Waals surface area (Å²) in [6, 6.07) is 24.3. The molecule has 1 fully saturated rings. The molecule has 212 valence electrons. The highest BCUT2D eigenvalue weighted by Crippen LogP contribution is 2.41. The van der Waals surface area contributed by atoms with E-state index in [1.54, 1.807) is 6.33 Å². The topological polar surface area (TPSA) is 46.0 Å². The Labute approximate surface area is 248 Å². The number of benzene rings is 2. The highest BCUT2D eigenvalue weighted by Gasteiger charge is 2.29. The standard InChI is InChI=1S/C35H41N5S/c1-39(18-8-16-36-17-15-27-9-4-2-5-10-27)23-29-13-14-31(20-29)40-24-33(32-22-37-26-38-35(32)40)34-21-30(25-41-34)19-28-11-6-3-7-12-28/h2-7,9-12,21-22,24-26,29,31,36H,8,13-20,23H2,1H3. The van der Waals surface area contributed by atoms with Crippen molar-refractivity contribution in [2.45, 2.75) is 44.6 Å². The maximum atomic E-state index is 4.76. The van der Waals surface area contributed by atoms with Gasteiger partial charge in [-0.05, 0) is 99.3 Å². The Hall–Kier alpha value is -3.32. The molecule has 5 aromatic rings. The minimum Gasteiger partial charge on any atom is -0.329 e. The molecule has 0 aliphatic heterocycles. The minimum atomic E-state index is 0.503. The van der Waals surface area contributed by atoms with E-state index in [0.717, 1.165) is 44.0 Å². The zero-order valence-electron chi connectivity index (χ0n) is 24.1. The highest BCUT2D eigenvalue weighted by atomic mass is 32.1. The SMILES string of the molecule is CN(CCCNCCc1ccccc1)CC1CCC(n2cc(-c3cc(Cc4ccccc4)cs3)c3cncnc32)C1. The number of fused-ring (bicyclic) bond motifs is 1. The van der Waals surface area contributed by atoms with Gasteiger partial charge in [-0.15, -0.1) is 11.3 Å². The molecule has 0 bridgehead atoms. The second kappa shape index (κ2) is 13.6. The van der Waals surface area contributed by atoms with E-state index < -0.39 is 0 Å². The lowest BCUT2D eigenvalue weighted by Crippen LogP contribution is -2.28. The van der Waals surface area contributed by atoms with Crippen LogP contribution in [0.2, 0.25) is 0 Å². The average Bonchev–Trinajstić information content (AvgIpc) is 3.75. The summed E-state index contributed by atoms with van der Waals surface area (Å²) in [5.41, 5.74) is 6.47. The van der Waals surface area contributed by atoms with E-state index in [4.69, 9.17) is 4.98 Å². The zero-order valence-corrected chi connectivity index (χ0v) is 24.9. The van der Waals surface area contributed by atoms with Crippen LogP contribution < -0.4 is 5.32 Å². The molecule has 41 heavy (non-hydrogen) atoms. The Kier molecular flexibility index (Phi) is 9.21. The van der Waals surface area contributed by atoms with Gasteiger partial charge in [0.1, 0.15) is 12.0 Å². The van der Waals surface area contributed by atoms with Crippen LogP contribution in [0.15, 0.2) is 90.8 Å². The number of nitrogens with zero attached hydrogens (tertiary/aromatic N) is 4. The van der Waals surface area contributed by atoms with E-state index in [-0.39, 0.29) is 0 Å². The maximum Gasteiger partial charge on any atom is 0.144 e. The van der Waals surface area contributed by atoms with E-state index in [1.165, 1.54) is 64.7 Å². The normalized spacial score (nSPS) is 17.1. The summed E-state index contributed by atoms with van der Waals surface area (Å²) >= 11 is 1.83. The van der Waals surface area contributed by atoms with Crippen molar-refractivity contribution in [1.29, 1.82) is 0 Å². The van der Waals surface area contributed by atoms with Crippen LogP contribution in [-0.2, 0) is 12.8 Å². The van der Waals surface area contributed by atoms with Crippen LogP contribution in [0.4, 0.5) is 0 Å². The molecule has 5 nitrogen and oxygen atoms in total. The molecule has 2 atom stereocenters. The number of hydrogen-bond donors (Lipinski definition) is 1. The van der Waals surface area contributed by atoms with Gasteiger partial charge in [0.05, 0.1) is 0 Å². The highest BCUT2D eigenvalue weighted by molar-refractivity contribution is 7.13. The summed E-state index contributed by atoms with van der Waals surface area (Å²) < 4.78 is 2.46. The molecular formula is C35H41N5S. The lowest BCUT2D eigenvalue weighted by Gasteiger charge is -2.21. The van der Waals surface area contributed by atoms with Crippen LogP contribution in [0.3, 0.4) is 0 Å². The predicted molar refractivity (Wildman–Crippen MR) is 172 cm³/mol. The first-order valence-corrected chi connectivity index (χ1v) is 16.0. The molecule has 1 saturated carbocycles. The number of rotatable bonds is 13. The molecule has 6 heteroatoms. The molecule has 2 unspecified atom stereocenters. The summed E-state index contributed by atoms with van der Waals surface area (Å²) in [7, 11) is 2.29. The van der Waals surface area contributed by atoms with Crippen LogP contribution in [0.1, 0.15) is 48.4 Å². The minimum absolute atomic E-state index is 0.503. The third-order valence-electron chi connectivity index (χ3n) is 8.47. The predicted octanol–water partition coefficient (Wildman–Crippen LogP) is 7.25. The Morgan fingerprint density at radius 1 is 0.976 bits per heavy atom. The van der Waals surface area contributed by atoms with Crippen molar-refractivity contribution in [2.75, 3.05) is 33.2 Å². The van der Waals surface area contributed by atoms with Gasteiger partial charge in [-0.3, -0.25) is 0 Å². The van der Waals surface area contributed by atoms with Crippen LogP contribution in [0.25, 0.3) is 21.5 Å². The van der Waals surface area contributed by atoms with Crippen molar-refractivity contribution in [2.24, 2.45) is 5.92 Å². The zero-order chi connectivity index (χ0) is 27.9. The lowest BCUT2D eigenvalue weighted by atomic mass is 10.1. The molecule has 3 aromatic heterocycles. The molecule has 3 heterocycles. The van der Waals surface area contributed by atoms with Gasteiger partial charge >= 0.3 is 0 Å². The van der Waals surface area contributed by atoms with Crippen molar-refractivity contribution in [3.05, 3.63) is 108 Å². The van der Waals surface area contributed by atoms with E-state index in [1.807, 2.05) is 17.5 Å². The molecule has 0 saturated heterocycles. The van der Waals surface area contributed by atoms with Gasteiger partial charge in [0.2, 0.25) is 0 Å². The monoisotopic (exact) mass is 563 g/mol. The molecule has 1 aliphatic carbocycles. The van der Waals surface area contributed by atoms with Gasteiger partial charge < -0.3 is 14.8 Å². The molecule has 1 N–H and O–H groups in total. The molecule has 0 radical (unpaired) electrons. The van der Waals surface area contributed by atoms with Crippen molar-refractivity contribution in [3.8, 4) is 10.4 Å². The van der Waals surface area contributed by atoms with Crippen LogP contribution in [0, 0.1) is 5.92 Å². The first-order chi connectivity index (χ1) is 20.2. The molecule has 0 spiro atoms. The average molecular weight is 564 g/mol. The summed E-state index contributed by atoms with van der Waals surface area (Å²) in [6.07, 6.45) is 13.0. The third kappa shape index (κ3) is 7.13. The van der Waals surface area contributed by atoms with Gasteiger partial charge in [-0.2, -0.15) is 0 Å². The van der Waals surface area contributed by atoms with Gasteiger partial charge in [0.25, 0.3) is 0 Å². The first kappa shape index (κ1) is 27.8. The van der Waals surface area contributed by atoms with Crippen LogP contribution in [-0.4, -0.2) is 52.7 Å². The van der Waals surface area contributed by atoms with Crippen molar-refractivity contribution in [1.82, 2.24) is 24.8 Å². The van der Waals surface area contributed by atoms with Crippen molar-refractivity contribution in [3.63, 3.8) is 0 Å². The van der Waals surface area contributed by atoms with Gasteiger partial charge in [-0.25, -0.2) is 9.97 Å². The molecule has 0 amide bonds. The third-order valence-corrected chi connectivity index (χ3v) is 9.48. The Bertz CT molecular complexity index is 1510. The first-order valence-electron chi connectivity index (χ1n) is 15.1. The van der Waals surface area contributed by atoms with Crippen LogP contribution in [0.5, 0.6) is 0 Å². The van der Waals surface area contributed by atoms with E-state index in [2.05, 4.69) is 105 Å². The van der Waals surface area contributed by atoms with Gasteiger partial charge in [-0.1, -0.05) is 60.7 Å². The summed E-state index contributed by atoms with van der Waals surface area (Å²) in [5, 5.41) is 7.09. The fraction of sp³-hybridized carbons (Fsp3) is 0.371. The maximum absolute atomic E-state index is 4.76. The van der Waals surface area contributed by atoms with E-state index in [9.17, 15) is 0 Å². The summed E-state index contributed by atoms with van der Waals surface area (Å²) in [6.45, 7) is 4.45. The lowest BCUT2D eigenvalue weighted by molar-refractivity contribution is 0.270. The Morgan fingerprint density at radius 3 is 2.61 bits per heavy atom. The fourth-order valence-electron chi connectivity index (χ4n) is 6.38. The largest absolute Gasteiger partial charge is 0.329 e. The quantitative estimate of drug-likeness (QED) is 0.153. The number of nitrogens with one attached hydrogen (secondary N) is 1. The molecule has 6 rings (SSSR count). The number of thiophene rings is 1. The molecule has 1 aliphatic rings. The smallest absolute Gasteiger partial charge is 0.144 e. The molecular weight excluding hydrogens is 522 g/mol. The van der Waals surface area contributed by atoms with E-state index in [0.29, 0.717) is 6.04 Å². The van der Waals surface area contributed by atoms with Crippen LogP contribution >= 0.6 is 11.3 Å². The number of hydrogen-bond acceptors (Lipinski definition) is 5. The second-order valence-electron chi connectivity index (χ2n) is 11.6. The van der Waals surface area contributed by atoms with E-state index >= 15 is 0 Å². The Morgan fingerprint density at radius 2 is 1.78 bits per heavy atom. The van der Waals surface area contributed by atoms with Crippen molar-refractivity contribution >= 4 is 22.4 Å². The van der Waals surface area contributed by atoms with Crippen molar-refractivity contribution < 1.29 is 0 Å². The summed E-state index contributed by atoms with van der Waals surface area (Å²) in [4.78, 5) is 13.0. The Balaban J connectivity index is 1.02. The molecule has 2 aromatic carbocycles. The summed E-state index contributed by atoms with van der Waals surface area (Å²) in [5.74, 6) is 0.734. The fourth-order valence-corrected chi connectivity index (χ4v) is 7.32.